The van der Waals surface area contributed by atoms with Crippen molar-refractivity contribution in [1.29, 1.82) is 0 Å². The molecule has 1 aromatic heterocycles. The van der Waals surface area contributed by atoms with Gasteiger partial charge in [-0.1, -0.05) is 12.1 Å². The molecule has 0 aliphatic carbocycles. The number of nitrogens with one attached hydrogen (secondary N) is 2. The fourth-order valence-corrected chi connectivity index (χ4v) is 2.53. The van der Waals surface area contributed by atoms with Gasteiger partial charge in [-0.05, 0) is 12.1 Å². The van der Waals surface area contributed by atoms with E-state index < -0.39 is 0 Å². The van der Waals surface area contributed by atoms with Crippen LogP contribution < -0.4 is 19.5 Å². The van der Waals surface area contributed by atoms with E-state index in [0.717, 1.165) is 0 Å². The summed E-state index contributed by atoms with van der Waals surface area (Å²) in [5, 5.41) is 9.44. The fraction of sp³-hybridized carbons (Fsp3) is 0.412. The van der Waals surface area contributed by atoms with Crippen molar-refractivity contribution in [3.63, 3.8) is 0 Å². The van der Waals surface area contributed by atoms with Crippen molar-refractivity contribution >= 4 is 5.91 Å². The van der Waals surface area contributed by atoms with Crippen LogP contribution in [0.4, 0.5) is 0 Å². The summed E-state index contributed by atoms with van der Waals surface area (Å²) in [5.41, 5.74) is 0. The zero-order valence-electron chi connectivity index (χ0n) is 13.9. The summed E-state index contributed by atoms with van der Waals surface area (Å²) in [6.45, 7) is 1.10. The average Bonchev–Trinajstić information content (AvgIpc) is 3.28. The molecule has 2 heterocycles. The molecule has 0 spiro atoms. The molecule has 3 rings (SSSR count). The van der Waals surface area contributed by atoms with Crippen molar-refractivity contribution in [2.45, 2.75) is 18.6 Å². The second-order valence-corrected chi connectivity index (χ2v) is 5.55. The highest BCUT2D eigenvalue weighted by Gasteiger charge is 2.31. The van der Waals surface area contributed by atoms with Crippen LogP contribution in [-0.2, 0) is 9.53 Å². The van der Waals surface area contributed by atoms with Gasteiger partial charge in [0.1, 0.15) is 6.10 Å². The highest BCUT2D eigenvalue weighted by atomic mass is 16.5. The molecule has 2 atom stereocenters. The number of hydrogen-bond donors (Lipinski definition) is 2. The van der Waals surface area contributed by atoms with Crippen molar-refractivity contribution in [1.82, 2.24) is 15.5 Å². The number of hydrogen-bond acceptors (Lipinski definition) is 6. The third-order valence-electron chi connectivity index (χ3n) is 3.79. The van der Waals surface area contributed by atoms with E-state index in [1.165, 1.54) is 0 Å². The Morgan fingerprint density at radius 2 is 2.20 bits per heavy atom. The van der Waals surface area contributed by atoms with E-state index in [1.807, 2.05) is 18.2 Å². The van der Waals surface area contributed by atoms with E-state index >= 15 is 0 Å². The first kappa shape index (κ1) is 17.1. The minimum Gasteiger partial charge on any atom is -0.493 e. The second-order valence-electron chi connectivity index (χ2n) is 5.55. The first-order valence-corrected chi connectivity index (χ1v) is 8.04. The van der Waals surface area contributed by atoms with Crippen LogP contribution in [0.15, 0.2) is 36.7 Å². The van der Waals surface area contributed by atoms with Crippen LogP contribution in [0, 0.1) is 0 Å². The van der Waals surface area contributed by atoms with Gasteiger partial charge in [0.25, 0.3) is 0 Å². The summed E-state index contributed by atoms with van der Waals surface area (Å²) in [6, 6.07) is 7.12. The van der Waals surface area contributed by atoms with Crippen LogP contribution >= 0.6 is 0 Å². The maximum absolute atomic E-state index is 12.1. The molecule has 0 saturated carbocycles. The Morgan fingerprint density at radius 3 is 2.96 bits per heavy atom. The quantitative estimate of drug-likeness (QED) is 0.744. The lowest BCUT2D eigenvalue weighted by Crippen LogP contribution is -2.45. The van der Waals surface area contributed by atoms with Crippen LogP contribution in [0.1, 0.15) is 6.42 Å². The van der Waals surface area contributed by atoms with Gasteiger partial charge in [-0.3, -0.25) is 9.89 Å². The van der Waals surface area contributed by atoms with Crippen LogP contribution in [-0.4, -0.2) is 55.2 Å². The summed E-state index contributed by atoms with van der Waals surface area (Å²) >= 11 is 0. The smallest absolute Gasteiger partial charge is 0.223 e. The van der Waals surface area contributed by atoms with Crippen molar-refractivity contribution in [2.75, 3.05) is 26.9 Å². The molecule has 1 aromatic carbocycles. The first-order chi connectivity index (χ1) is 12.3. The van der Waals surface area contributed by atoms with Crippen LogP contribution in [0.25, 0.3) is 0 Å². The molecule has 1 amide bonds. The monoisotopic (exact) mass is 347 g/mol. The Balaban J connectivity index is 1.44. The van der Waals surface area contributed by atoms with E-state index in [2.05, 4.69) is 15.5 Å². The fourth-order valence-electron chi connectivity index (χ4n) is 2.53. The highest BCUT2D eigenvalue weighted by Crippen LogP contribution is 2.25. The predicted octanol–water partition coefficient (Wildman–Crippen LogP) is 1.15. The van der Waals surface area contributed by atoms with Gasteiger partial charge in [-0.2, -0.15) is 5.10 Å². The molecule has 25 heavy (non-hydrogen) atoms. The van der Waals surface area contributed by atoms with Crippen molar-refractivity contribution in [2.24, 2.45) is 0 Å². The van der Waals surface area contributed by atoms with Gasteiger partial charge in [-0.15, -0.1) is 0 Å². The SMILES string of the molecule is COc1ccccc1OCCC(=O)N[C@H]1COC[C@H]1Oc1cn[nH]c1. The molecule has 134 valence electrons. The lowest BCUT2D eigenvalue weighted by Gasteiger charge is -2.19. The Morgan fingerprint density at radius 1 is 1.36 bits per heavy atom. The Labute approximate surface area is 145 Å². The zero-order valence-corrected chi connectivity index (χ0v) is 13.9. The van der Waals surface area contributed by atoms with E-state index in [0.29, 0.717) is 30.5 Å². The summed E-state index contributed by atoms with van der Waals surface area (Å²) < 4.78 is 22.0. The number of aromatic amines is 1. The molecular formula is C17H21N3O5. The number of benzene rings is 1. The summed E-state index contributed by atoms with van der Waals surface area (Å²) in [4.78, 5) is 12.1. The number of ether oxygens (including phenoxy) is 4. The largest absolute Gasteiger partial charge is 0.493 e. The number of amides is 1. The summed E-state index contributed by atoms with van der Waals surface area (Å²) in [7, 11) is 1.58. The Bertz CT molecular complexity index is 677. The van der Waals surface area contributed by atoms with Crippen molar-refractivity contribution < 1.29 is 23.7 Å². The van der Waals surface area contributed by atoms with E-state index in [9.17, 15) is 4.79 Å². The van der Waals surface area contributed by atoms with Gasteiger partial charge in [0, 0.05) is 0 Å². The van der Waals surface area contributed by atoms with E-state index in [-0.39, 0.29) is 31.1 Å². The van der Waals surface area contributed by atoms with Gasteiger partial charge in [0.05, 0.1) is 51.8 Å². The molecule has 0 radical (unpaired) electrons. The third-order valence-corrected chi connectivity index (χ3v) is 3.79. The lowest BCUT2D eigenvalue weighted by molar-refractivity contribution is -0.122. The topological polar surface area (TPSA) is 94.7 Å². The van der Waals surface area contributed by atoms with Crippen molar-refractivity contribution in [3.8, 4) is 17.2 Å². The van der Waals surface area contributed by atoms with E-state index in [4.69, 9.17) is 18.9 Å². The normalized spacial score (nSPS) is 19.4. The standard InChI is InChI=1S/C17H21N3O5/c1-22-14-4-2-3-5-15(14)24-7-6-17(21)20-13-10-23-11-16(13)25-12-8-18-19-9-12/h2-5,8-9,13,16H,6-7,10-11H2,1H3,(H,18,19)(H,20,21)/t13-,16+/m0/s1. The molecule has 0 unspecified atom stereocenters. The molecule has 1 aliphatic rings. The molecule has 2 N–H and O–H groups in total. The molecule has 2 aromatic rings. The maximum Gasteiger partial charge on any atom is 0.223 e. The lowest BCUT2D eigenvalue weighted by atomic mass is 10.2. The van der Waals surface area contributed by atoms with Gasteiger partial charge in [0.15, 0.2) is 17.2 Å². The van der Waals surface area contributed by atoms with Gasteiger partial charge >= 0.3 is 0 Å². The second kappa shape index (κ2) is 8.39. The van der Waals surface area contributed by atoms with Crippen LogP contribution in [0.2, 0.25) is 0 Å². The number of para-hydroxylation sites is 2. The molecule has 8 heteroatoms. The number of carbonyl (C=O) groups excluding carboxylic acids is 1. The summed E-state index contributed by atoms with van der Waals surface area (Å²) in [6.07, 6.45) is 3.22. The van der Waals surface area contributed by atoms with Gasteiger partial charge in [0.2, 0.25) is 5.91 Å². The summed E-state index contributed by atoms with van der Waals surface area (Å²) in [5.74, 6) is 1.75. The molecule has 0 bridgehead atoms. The number of aromatic nitrogens is 2. The number of methoxy groups -OCH3 is 1. The minimum absolute atomic E-state index is 0.119. The van der Waals surface area contributed by atoms with Gasteiger partial charge < -0.3 is 24.3 Å². The van der Waals surface area contributed by atoms with Crippen LogP contribution in [0.5, 0.6) is 17.2 Å². The van der Waals surface area contributed by atoms with Crippen LogP contribution in [0.3, 0.4) is 0 Å². The molecule has 1 saturated heterocycles. The third kappa shape index (κ3) is 4.63. The number of rotatable bonds is 8. The van der Waals surface area contributed by atoms with Gasteiger partial charge in [-0.25, -0.2) is 0 Å². The van der Waals surface area contributed by atoms with Crippen molar-refractivity contribution in [3.05, 3.63) is 36.7 Å². The number of H-pyrrole nitrogens is 1. The molecule has 1 fully saturated rings. The Kier molecular flexibility index (Phi) is 5.73. The predicted molar refractivity (Wildman–Crippen MR) is 88.9 cm³/mol. The van der Waals surface area contributed by atoms with E-state index in [1.54, 1.807) is 25.6 Å². The molecule has 1 aliphatic heterocycles. The maximum atomic E-state index is 12.1. The zero-order chi connectivity index (χ0) is 17.5. The molecule has 8 nitrogen and oxygen atoms in total. The molecular weight excluding hydrogens is 326 g/mol. The highest BCUT2D eigenvalue weighted by molar-refractivity contribution is 5.76. The minimum atomic E-state index is -0.239. The average molecular weight is 347 g/mol. The Hall–Kier alpha value is -2.74. The number of carbonyl (C=O) groups is 1. The number of nitrogens with zero attached hydrogens (tertiary/aromatic N) is 1. The first-order valence-electron chi connectivity index (χ1n) is 8.04.